The van der Waals surface area contributed by atoms with Crippen LogP contribution in [0, 0.1) is 0 Å². The molecule has 0 unspecified atom stereocenters. The first-order valence-corrected chi connectivity index (χ1v) is 4.82. The Kier molecular flexibility index (Phi) is 2.96. The number of aryl methyl sites for hydroxylation is 1. The second-order valence-electron chi connectivity index (χ2n) is 4.32. The van der Waals surface area contributed by atoms with E-state index >= 15 is 0 Å². The van der Waals surface area contributed by atoms with Crippen molar-refractivity contribution in [2.24, 2.45) is 0 Å². The molecule has 0 amide bonds. The van der Waals surface area contributed by atoms with Gasteiger partial charge in [0.1, 0.15) is 0 Å². The van der Waals surface area contributed by atoms with Crippen molar-refractivity contribution in [3.63, 3.8) is 0 Å². The molecule has 0 radical (unpaired) electrons. The van der Waals surface area contributed by atoms with Crippen LogP contribution in [-0.2, 0) is 6.54 Å². The maximum Gasteiger partial charge on any atom is 0.203 e. The van der Waals surface area contributed by atoms with Gasteiger partial charge in [0.05, 0.1) is 0 Å². The number of rotatable bonds is 3. The lowest BCUT2D eigenvalue weighted by molar-refractivity contribution is 0.603. The summed E-state index contributed by atoms with van der Waals surface area (Å²) in [6, 6.07) is 0. The summed E-state index contributed by atoms with van der Waals surface area (Å²) in [5, 5.41) is 3.37. The molecule has 0 aliphatic carbocycles. The first kappa shape index (κ1) is 10.1. The van der Waals surface area contributed by atoms with E-state index in [9.17, 15) is 0 Å². The van der Waals surface area contributed by atoms with E-state index in [-0.39, 0.29) is 5.54 Å². The Morgan fingerprint density at radius 3 is 2.69 bits per heavy atom. The van der Waals surface area contributed by atoms with Gasteiger partial charge in [-0.25, -0.2) is 4.98 Å². The lowest BCUT2D eigenvalue weighted by Crippen LogP contribution is -2.28. The topological polar surface area (TPSA) is 29.9 Å². The summed E-state index contributed by atoms with van der Waals surface area (Å²) in [5.74, 6) is 0.967. The Morgan fingerprint density at radius 1 is 1.46 bits per heavy atom. The molecule has 13 heavy (non-hydrogen) atoms. The van der Waals surface area contributed by atoms with Crippen molar-refractivity contribution in [1.82, 2.24) is 9.55 Å². The number of hydrogen-bond donors (Lipinski definition) is 1. The molecule has 0 saturated carbocycles. The Morgan fingerprint density at radius 2 is 2.15 bits per heavy atom. The summed E-state index contributed by atoms with van der Waals surface area (Å²) in [5.41, 5.74) is 0.0802. The summed E-state index contributed by atoms with van der Waals surface area (Å²) in [4.78, 5) is 4.27. The van der Waals surface area contributed by atoms with Crippen molar-refractivity contribution < 1.29 is 0 Å². The average molecular weight is 181 g/mol. The Balaban J connectivity index is 2.70. The summed E-state index contributed by atoms with van der Waals surface area (Å²) < 4.78 is 2.14. The molecule has 0 atom stereocenters. The van der Waals surface area contributed by atoms with Crippen LogP contribution in [0.15, 0.2) is 12.4 Å². The summed E-state index contributed by atoms with van der Waals surface area (Å²) in [6.07, 6.45) is 4.98. The number of imidazole rings is 1. The molecule has 1 heterocycles. The van der Waals surface area contributed by atoms with Crippen molar-refractivity contribution in [1.29, 1.82) is 0 Å². The fourth-order valence-corrected chi connectivity index (χ4v) is 1.19. The molecule has 3 heteroatoms. The van der Waals surface area contributed by atoms with Crippen LogP contribution in [0.3, 0.4) is 0 Å². The van der Waals surface area contributed by atoms with Gasteiger partial charge >= 0.3 is 0 Å². The molecule has 74 valence electrons. The molecule has 0 bridgehead atoms. The van der Waals surface area contributed by atoms with Crippen LogP contribution in [0.1, 0.15) is 34.1 Å². The second-order valence-corrected chi connectivity index (χ2v) is 4.32. The lowest BCUT2D eigenvalue weighted by atomic mass is 10.1. The molecular weight excluding hydrogens is 162 g/mol. The van der Waals surface area contributed by atoms with Gasteiger partial charge in [-0.05, 0) is 27.2 Å². The largest absolute Gasteiger partial charge is 0.351 e. The molecule has 0 fully saturated rings. The van der Waals surface area contributed by atoms with E-state index < -0.39 is 0 Å². The van der Waals surface area contributed by atoms with Crippen LogP contribution in [0.2, 0.25) is 0 Å². The van der Waals surface area contributed by atoms with Gasteiger partial charge in [-0.1, -0.05) is 6.92 Å². The number of anilines is 1. The smallest absolute Gasteiger partial charge is 0.203 e. The average Bonchev–Trinajstić information content (AvgIpc) is 2.34. The molecule has 0 aliphatic heterocycles. The summed E-state index contributed by atoms with van der Waals surface area (Å²) in [6.45, 7) is 9.60. The van der Waals surface area contributed by atoms with E-state index in [4.69, 9.17) is 0 Å². The van der Waals surface area contributed by atoms with Crippen LogP contribution >= 0.6 is 0 Å². The molecular formula is C10H19N3. The molecule has 0 aromatic carbocycles. The highest BCUT2D eigenvalue weighted by Crippen LogP contribution is 2.12. The highest BCUT2D eigenvalue weighted by molar-refractivity contribution is 5.29. The van der Waals surface area contributed by atoms with Crippen LogP contribution in [0.4, 0.5) is 5.95 Å². The van der Waals surface area contributed by atoms with Gasteiger partial charge < -0.3 is 9.88 Å². The third kappa shape index (κ3) is 3.09. The molecule has 0 aliphatic rings. The number of hydrogen-bond acceptors (Lipinski definition) is 2. The van der Waals surface area contributed by atoms with E-state index in [2.05, 4.69) is 42.6 Å². The minimum absolute atomic E-state index is 0.0802. The zero-order valence-corrected chi connectivity index (χ0v) is 8.96. The second kappa shape index (κ2) is 3.81. The van der Waals surface area contributed by atoms with Crippen LogP contribution < -0.4 is 5.32 Å². The normalized spacial score (nSPS) is 11.7. The highest BCUT2D eigenvalue weighted by atomic mass is 15.2. The minimum atomic E-state index is 0.0802. The standard InChI is InChI=1S/C10H19N3/c1-5-7-13-8-6-11-9(13)12-10(2,3)4/h6,8H,5,7H2,1-4H3,(H,11,12). The van der Waals surface area contributed by atoms with E-state index in [1.54, 1.807) is 0 Å². The summed E-state index contributed by atoms with van der Waals surface area (Å²) in [7, 11) is 0. The third-order valence-electron chi connectivity index (χ3n) is 1.67. The number of nitrogens with zero attached hydrogens (tertiary/aromatic N) is 2. The molecule has 1 N–H and O–H groups in total. The van der Waals surface area contributed by atoms with Crippen LogP contribution in [0.5, 0.6) is 0 Å². The molecule has 1 aromatic heterocycles. The maximum atomic E-state index is 4.27. The molecule has 3 nitrogen and oxygen atoms in total. The third-order valence-corrected chi connectivity index (χ3v) is 1.67. The Labute approximate surface area is 80.2 Å². The van der Waals surface area contributed by atoms with Gasteiger partial charge in [-0.3, -0.25) is 0 Å². The molecule has 1 rings (SSSR count). The SMILES string of the molecule is CCCn1ccnc1NC(C)(C)C. The fraction of sp³-hybridized carbons (Fsp3) is 0.700. The van der Waals surface area contributed by atoms with Gasteiger partial charge in [0.25, 0.3) is 0 Å². The molecule has 0 spiro atoms. The van der Waals surface area contributed by atoms with E-state index in [0.717, 1.165) is 18.9 Å². The van der Waals surface area contributed by atoms with Gasteiger partial charge in [0.2, 0.25) is 5.95 Å². The van der Waals surface area contributed by atoms with Gasteiger partial charge in [0.15, 0.2) is 0 Å². The fourth-order valence-electron chi connectivity index (χ4n) is 1.19. The van der Waals surface area contributed by atoms with E-state index in [1.807, 2.05) is 12.4 Å². The van der Waals surface area contributed by atoms with Gasteiger partial charge in [-0.15, -0.1) is 0 Å². The quantitative estimate of drug-likeness (QED) is 0.776. The van der Waals surface area contributed by atoms with Crippen molar-refractivity contribution in [2.75, 3.05) is 5.32 Å². The van der Waals surface area contributed by atoms with Crippen molar-refractivity contribution in [3.05, 3.63) is 12.4 Å². The van der Waals surface area contributed by atoms with Crippen LogP contribution in [0.25, 0.3) is 0 Å². The predicted octanol–water partition coefficient (Wildman–Crippen LogP) is 2.50. The maximum absolute atomic E-state index is 4.27. The highest BCUT2D eigenvalue weighted by Gasteiger charge is 2.12. The Bertz CT molecular complexity index is 257. The monoisotopic (exact) mass is 181 g/mol. The first-order valence-electron chi connectivity index (χ1n) is 4.82. The Hall–Kier alpha value is -0.990. The van der Waals surface area contributed by atoms with Gasteiger partial charge in [-0.2, -0.15) is 0 Å². The minimum Gasteiger partial charge on any atom is -0.351 e. The van der Waals surface area contributed by atoms with Crippen molar-refractivity contribution in [3.8, 4) is 0 Å². The zero-order chi connectivity index (χ0) is 9.90. The van der Waals surface area contributed by atoms with Crippen molar-refractivity contribution >= 4 is 5.95 Å². The lowest BCUT2D eigenvalue weighted by Gasteiger charge is -2.21. The van der Waals surface area contributed by atoms with E-state index in [1.165, 1.54) is 0 Å². The molecule has 1 aromatic rings. The molecule has 0 saturated heterocycles. The summed E-state index contributed by atoms with van der Waals surface area (Å²) >= 11 is 0. The number of aromatic nitrogens is 2. The van der Waals surface area contributed by atoms with Crippen LogP contribution in [-0.4, -0.2) is 15.1 Å². The predicted molar refractivity (Wildman–Crippen MR) is 55.9 cm³/mol. The zero-order valence-electron chi connectivity index (χ0n) is 8.96. The van der Waals surface area contributed by atoms with Crippen molar-refractivity contribution in [2.45, 2.75) is 46.2 Å². The van der Waals surface area contributed by atoms with E-state index in [0.29, 0.717) is 0 Å². The number of nitrogens with one attached hydrogen (secondary N) is 1. The first-order chi connectivity index (χ1) is 6.03. The van der Waals surface area contributed by atoms with Gasteiger partial charge in [0, 0.05) is 24.5 Å².